The number of rotatable bonds is 12. The van der Waals surface area contributed by atoms with Crippen LogP contribution in [0, 0.1) is 28.6 Å². The van der Waals surface area contributed by atoms with Gasteiger partial charge in [-0.05, 0) is 48.9 Å². The van der Waals surface area contributed by atoms with Crippen LogP contribution in [0.1, 0.15) is 65.3 Å². The van der Waals surface area contributed by atoms with Crippen molar-refractivity contribution in [3.63, 3.8) is 0 Å². The van der Waals surface area contributed by atoms with Crippen LogP contribution in [0.25, 0.3) is 11.0 Å². The second kappa shape index (κ2) is 11.9. The molecule has 8 nitrogen and oxygen atoms in total. The molecule has 0 amide bonds. The summed E-state index contributed by atoms with van der Waals surface area (Å²) in [4.78, 5) is 28.7. The molecule has 3 aromatic rings. The van der Waals surface area contributed by atoms with Gasteiger partial charge in [0.2, 0.25) is 0 Å². The number of ketones is 1. The first-order chi connectivity index (χ1) is 16.8. The van der Waals surface area contributed by atoms with E-state index in [1.165, 1.54) is 6.20 Å². The van der Waals surface area contributed by atoms with Crippen molar-refractivity contribution in [2.24, 2.45) is 13.0 Å². The van der Waals surface area contributed by atoms with E-state index in [-0.39, 0.29) is 24.5 Å². The van der Waals surface area contributed by atoms with Crippen molar-refractivity contribution in [3.05, 3.63) is 64.5 Å². The molecule has 0 fully saturated rings. The number of hydrogen-bond donors (Lipinski definition) is 1. The quantitative estimate of drug-likeness (QED) is 0.303. The Morgan fingerprint density at radius 3 is 2.63 bits per heavy atom. The zero-order valence-corrected chi connectivity index (χ0v) is 20.0. The molecule has 1 N–H and O–H groups in total. The number of nitrogens with zero attached hydrogens (tertiary/aromatic N) is 4. The molecule has 8 heteroatoms. The largest absolute Gasteiger partial charge is 0.481 e. The number of carbonyl (C=O) groups is 2. The van der Waals surface area contributed by atoms with Crippen LogP contribution >= 0.6 is 0 Å². The lowest BCUT2D eigenvalue weighted by Gasteiger charge is -2.11. The van der Waals surface area contributed by atoms with E-state index < -0.39 is 5.97 Å². The number of nitriles is 2. The van der Waals surface area contributed by atoms with Gasteiger partial charge in [-0.2, -0.15) is 10.5 Å². The molecule has 0 saturated heterocycles. The fourth-order valence-electron chi connectivity index (χ4n) is 4.23. The third kappa shape index (κ3) is 6.53. The van der Waals surface area contributed by atoms with Gasteiger partial charge in [-0.1, -0.05) is 19.1 Å². The van der Waals surface area contributed by atoms with Crippen LogP contribution in [0.5, 0.6) is 0 Å². The molecular formula is C27H28N4O4. The number of aliphatic carboxylic acids is 1. The molecule has 35 heavy (non-hydrogen) atoms. The molecule has 0 saturated carbocycles. The van der Waals surface area contributed by atoms with Gasteiger partial charge in [0.25, 0.3) is 0 Å². The second-order valence-corrected chi connectivity index (χ2v) is 8.74. The fraction of sp³-hybridized carbons (Fsp3) is 0.370. The Balaban J connectivity index is 1.70. The highest BCUT2D eigenvalue weighted by molar-refractivity contribution is 6.09. The van der Waals surface area contributed by atoms with E-state index in [1.54, 1.807) is 25.1 Å². The standard InChI is InChI=1S/C27H28N4O4/c1-18(11-25(33)34)10-24(32)26-22-13-21(15-29)16-30-27(22)31(2)23(26)8-3-4-9-35-17-20-7-5-6-19(12-20)14-28/h5-7,12-13,16,18H,3-4,8-11,17H2,1-2H3,(H,33,34)/t18-/m0/s1. The zero-order valence-electron chi connectivity index (χ0n) is 20.0. The van der Waals surface area contributed by atoms with Crippen molar-refractivity contribution in [2.75, 3.05) is 6.61 Å². The molecule has 0 aliphatic rings. The molecule has 0 radical (unpaired) electrons. The van der Waals surface area contributed by atoms with Gasteiger partial charge in [-0.15, -0.1) is 0 Å². The Morgan fingerprint density at radius 1 is 1.14 bits per heavy atom. The number of pyridine rings is 1. The molecular weight excluding hydrogens is 444 g/mol. The van der Waals surface area contributed by atoms with Crippen molar-refractivity contribution in [3.8, 4) is 12.1 Å². The summed E-state index contributed by atoms with van der Waals surface area (Å²) < 4.78 is 7.65. The molecule has 1 aromatic carbocycles. The average Bonchev–Trinajstić information content (AvgIpc) is 3.11. The number of carboxylic acid groups (broad SMARTS) is 1. The van der Waals surface area contributed by atoms with Crippen LogP contribution in [-0.2, 0) is 29.6 Å². The SMILES string of the molecule is C[C@H](CC(=O)O)CC(=O)c1c(CCCCOCc2cccc(C#N)c2)n(C)c2ncc(C#N)cc12. The summed E-state index contributed by atoms with van der Waals surface area (Å²) in [5.41, 5.74) is 3.90. The molecule has 180 valence electrons. The highest BCUT2D eigenvalue weighted by Crippen LogP contribution is 2.29. The molecule has 0 aliphatic heterocycles. The normalized spacial score (nSPS) is 11.7. The number of Topliss-reactive ketones (excluding diaryl/α,β-unsaturated/α-hetero) is 1. The lowest BCUT2D eigenvalue weighted by molar-refractivity contribution is -0.137. The van der Waals surface area contributed by atoms with Crippen molar-refractivity contribution < 1.29 is 19.4 Å². The molecule has 3 rings (SSSR count). The van der Waals surface area contributed by atoms with Crippen LogP contribution in [-0.4, -0.2) is 33.0 Å². The number of aryl methyl sites for hydroxylation is 1. The van der Waals surface area contributed by atoms with Gasteiger partial charge in [0.1, 0.15) is 11.7 Å². The Labute approximate surface area is 204 Å². The topological polar surface area (TPSA) is 129 Å². The first kappa shape index (κ1) is 25.6. The third-order valence-electron chi connectivity index (χ3n) is 5.89. The molecule has 0 unspecified atom stereocenters. The summed E-state index contributed by atoms with van der Waals surface area (Å²) in [6, 6.07) is 13.2. The molecule has 2 aromatic heterocycles. The fourth-order valence-corrected chi connectivity index (χ4v) is 4.23. The minimum Gasteiger partial charge on any atom is -0.481 e. The molecule has 0 aliphatic carbocycles. The van der Waals surface area contributed by atoms with E-state index in [1.807, 2.05) is 23.7 Å². The Kier molecular flexibility index (Phi) is 8.72. The molecule has 0 spiro atoms. The van der Waals surface area contributed by atoms with E-state index in [2.05, 4.69) is 17.1 Å². The highest BCUT2D eigenvalue weighted by atomic mass is 16.5. The number of benzene rings is 1. The van der Waals surface area contributed by atoms with Crippen LogP contribution in [0.4, 0.5) is 0 Å². The maximum atomic E-state index is 13.3. The number of aromatic nitrogens is 2. The first-order valence-electron chi connectivity index (χ1n) is 11.5. The van der Waals surface area contributed by atoms with Crippen molar-refractivity contribution in [1.82, 2.24) is 9.55 Å². The summed E-state index contributed by atoms with van der Waals surface area (Å²) in [5, 5.41) is 28.0. The summed E-state index contributed by atoms with van der Waals surface area (Å²) in [7, 11) is 1.85. The Hall–Kier alpha value is -4.01. The van der Waals surface area contributed by atoms with E-state index in [0.717, 1.165) is 24.1 Å². The first-order valence-corrected chi connectivity index (χ1v) is 11.5. The number of hydrogen-bond acceptors (Lipinski definition) is 6. The molecule has 2 heterocycles. The van der Waals surface area contributed by atoms with Crippen molar-refractivity contribution >= 4 is 22.8 Å². The average molecular weight is 473 g/mol. The highest BCUT2D eigenvalue weighted by Gasteiger charge is 2.24. The van der Waals surface area contributed by atoms with Gasteiger partial charge in [-0.25, -0.2) is 4.98 Å². The van der Waals surface area contributed by atoms with Crippen molar-refractivity contribution in [1.29, 1.82) is 10.5 Å². The van der Waals surface area contributed by atoms with Crippen LogP contribution in [0.3, 0.4) is 0 Å². The third-order valence-corrected chi connectivity index (χ3v) is 5.89. The van der Waals surface area contributed by atoms with Gasteiger partial charge in [0.15, 0.2) is 5.78 Å². The minimum atomic E-state index is -0.934. The number of carboxylic acids is 1. The predicted octanol–water partition coefficient (Wildman–Crippen LogP) is 4.54. The van der Waals surface area contributed by atoms with Gasteiger partial charge in [0, 0.05) is 49.3 Å². The minimum absolute atomic E-state index is 0.0812. The van der Waals surface area contributed by atoms with Crippen molar-refractivity contribution in [2.45, 2.75) is 45.6 Å². The second-order valence-electron chi connectivity index (χ2n) is 8.74. The van der Waals surface area contributed by atoms with Gasteiger partial charge in [-0.3, -0.25) is 9.59 Å². The maximum Gasteiger partial charge on any atom is 0.303 e. The summed E-state index contributed by atoms with van der Waals surface area (Å²) in [6.45, 7) is 2.71. The number of ether oxygens (including phenoxy) is 1. The lowest BCUT2D eigenvalue weighted by atomic mass is 9.94. The summed E-state index contributed by atoms with van der Waals surface area (Å²) >= 11 is 0. The monoisotopic (exact) mass is 472 g/mol. The van der Waals surface area contributed by atoms with Crippen LogP contribution in [0.2, 0.25) is 0 Å². The molecule has 1 atom stereocenters. The zero-order chi connectivity index (χ0) is 25.4. The van der Waals surface area contributed by atoms with E-state index >= 15 is 0 Å². The Morgan fingerprint density at radius 2 is 1.91 bits per heavy atom. The van der Waals surface area contributed by atoms with E-state index in [0.29, 0.717) is 47.4 Å². The number of carbonyl (C=O) groups excluding carboxylic acids is 1. The van der Waals surface area contributed by atoms with Crippen LogP contribution < -0.4 is 0 Å². The van der Waals surface area contributed by atoms with Gasteiger partial charge in [0.05, 0.1) is 23.8 Å². The van der Waals surface area contributed by atoms with Gasteiger partial charge >= 0.3 is 5.97 Å². The van der Waals surface area contributed by atoms with Crippen LogP contribution in [0.15, 0.2) is 36.5 Å². The lowest BCUT2D eigenvalue weighted by Crippen LogP contribution is -2.12. The predicted molar refractivity (Wildman–Crippen MR) is 130 cm³/mol. The Bertz CT molecular complexity index is 1310. The van der Waals surface area contributed by atoms with E-state index in [9.17, 15) is 14.9 Å². The number of unbranched alkanes of at least 4 members (excludes halogenated alkanes) is 1. The summed E-state index contributed by atoms with van der Waals surface area (Å²) in [6.07, 6.45) is 3.69. The number of fused-ring (bicyclic) bond motifs is 1. The van der Waals surface area contributed by atoms with Gasteiger partial charge < -0.3 is 14.4 Å². The summed E-state index contributed by atoms with van der Waals surface area (Å²) in [5.74, 6) is -1.37. The molecule has 0 bridgehead atoms. The maximum absolute atomic E-state index is 13.3. The smallest absolute Gasteiger partial charge is 0.303 e. The van der Waals surface area contributed by atoms with E-state index in [4.69, 9.17) is 15.1 Å².